The summed E-state index contributed by atoms with van der Waals surface area (Å²) in [6, 6.07) is 15.4. The summed E-state index contributed by atoms with van der Waals surface area (Å²) in [6.07, 6.45) is 2.13. The standard InChI is InChI=1S/C22H30N2O2S/c1-4-26-22-15-19(7-10-21(22)25-2)17-24-13-11-23(12-14-24)16-18-5-8-20(27-3)9-6-18/h5-10,15H,4,11-14,16-17H2,1-3H3/p+2. The van der Waals surface area contributed by atoms with E-state index in [2.05, 4.69) is 42.7 Å². The van der Waals surface area contributed by atoms with Gasteiger partial charge in [0, 0.05) is 16.0 Å². The van der Waals surface area contributed by atoms with Gasteiger partial charge < -0.3 is 19.3 Å². The number of hydrogen-bond donors (Lipinski definition) is 2. The van der Waals surface area contributed by atoms with Crippen LogP contribution in [-0.2, 0) is 13.1 Å². The van der Waals surface area contributed by atoms with Gasteiger partial charge in [-0.1, -0.05) is 12.1 Å². The molecule has 0 aliphatic carbocycles. The molecule has 1 fully saturated rings. The molecule has 0 bridgehead atoms. The number of nitrogens with one attached hydrogen (secondary N) is 2. The van der Waals surface area contributed by atoms with Crippen molar-refractivity contribution >= 4 is 11.8 Å². The van der Waals surface area contributed by atoms with E-state index in [1.807, 2.05) is 13.0 Å². The van der Waals surface area contributed by atoms with Crippen molar-refractivity contribution in [1.29, 1.82) is 0 Å². The fourth-order valence-corrected chi connectivity index (χ4v) is 4.14. The molecule has 0 atom stereocenters. The maximum atomic E-state index is 5.72. The smallest absolute Gasteiger partial charge is 0.161 e. The summed E-state index contributed by atoms with van der Waals surface area (Å²) in [5.41, 5.74) is 2.77. The zero-order valence-electron chi connectivity index (χ0n) is 16.7. The molecule has 2 aromatic carbocycles. The molecule has 0 saturated carbocycles. The zero-order valence-corrected chi connectivity index (χ0v) is 17.5. The van der Waals surface area contributed by atoms with Crippen molar-refractivity contribution in [2.24, 2.45) is 0 Å². The molecule has 0 spiro atoms. The van der Waals surface area contributed by atoms with Crippen molar-refractivity contribution in [3.63, 3.8) is 0 Å². The average molecular weight is 389 g/mol. The molecule has 0 radical (unpaired) electrons. The summed E-state index contributed by atoms with van der Waals surface area (Å²) >= 11 is 1.80. The first-order chi connectivity index (χ1) is 13.2. The lowest BCUT2D eigenvalue weighted by Gasteiger charge is -2.30. The molecule has 2 aromatic rings. The van der Waals surface area contributed by atoms with Crippen LogP contribution in [0.5, 0.6) is 11.5 Å². The van der Waals surface area contributed by atoms with Crippen molar-refractivity contribution in [3.05, 3.63) is 53.6 Å². The van der Waals surface area contributed by atoms with Crippen LogP contribution in [0.2, 0.25) is 0 Å². The van der Waals surface area contributed by atoms with Gasteiger partial charge in [0.1, 0.15) is 39.3 Å². The molecular weight excluding hydrogens is 356 g/mol. The molecule has 1 aliphatic heterocycles. The molecule has 27 heavy (non-hydrogen) atoms. The number of benzene rings is 2. The van der Waals surface area contributed by atoms with Gasteiger partial charge in [-0.05, 0) is 43.5 Å². The van der Waals surface area contributed by atoms with Crippen LogP contribution in [0.25, 0.3) is 0 Å². The van der Waals surface area contributed by atoms with Gasteiger partial charge in [0.25, 0.3) is 0 Å². The van der Waals surface area contributed by atoms with Crippen molar-refractivity contribution in [2.45, 2.75) is 24.9 Å². The molecule has 3 rings (SSSR count). The highest BCUT2D eigenvalue weighted by atomic mass is 32.2. The highest BCUT2D eigenvalue weighted by Gasteiger charge is 2.23. The van der Waals surface area contributed by atoms with E-state index in [1.165, 1.54) is 42.2 Å². The molecule has 1 heterocycles. The van der Waals surface area contributed by atoms with Gasteiger partial charge in [-0.25, -0.2) is 0 Å². The molecule has 5 heteroatoms. The Morgan fingerprint density at radius 1 is 0.852 bits per heavy atom. The Morgan fingerprint density at radius 3 is 2.00 bits per heavy atom. The predicted octanol–water partition coefficient (Wildman–Crippen LogP) is 1.30. The molecule has 0 unspecified atom stereocenters. The second-order valence-corrected chi connectivity index (χ2v) is 8.00. The third-order valence-electron chi connectivity index (χ3n) is 5.26. The van der Waals surface area contributed by atoms with Gasteiger partial charge in [-0.3, -0.25) is 0 Å². The van der Waals surface area contributed by atoms with E-state index in [0.717, 1.165) is 24.6 Å². The fraction of sp³-hybridized carbons (Fsp3) is 0.455. The first-order valence-corrected chi connectivity index (χ1v) is 11.0. The topological polar surface area (TPSA) is 27.3 Å². The lowest BCUT2D eigenvalue weighted by atomic mass is 10.1. The van der Waals surface area contributed by atoms with Gasteiger partial charge in [0.15, 0.2) is 11.5 Å². The SMILES string of the molecule is CCOc1cc(C[NH+]2CC[NH+](Cc3ccc(SC)cc3)CC2)ccc1OC. The first-order valence-electron chi connectivity index (χ1n) is 9.81. The van der Waals surface area contributed by atoms with Crippen LogP contribution >= 0.6 is 11.8 Å². The first kappa shape index (κ1) is 20.1. The van der Waals surface area contributed by atoms with Crippen LogP contribution in [0, 0.1) is 0 Å². The summed E-state index contributed by atoms with van der Waals surface area (Å²) in [7, 11) is 1.69. The fourth-order valence-electron chi connectivity index (χ4n) is 3.73. The maximum absolute atomic E-state index is 5.72. The number of methoxy groups -OCH3 is 1. The minimum atomic E-state index is 0.659. The number of hydrogen-bond acceptors (Lipinski definition) is 3. The molecule has 1 aliphatic rings. The van der Waals surface area contributed by atoms with Gasteiger partial charge in [0.05, 0.1) is 13.7 Å². The van der Waals surface area contributed by atoms with Crippen LogP contribution in [0.15, 0.2) is 47.4 Å². The Hall–Kier alpha value is -1.69. The van der Waals surface area contributed by atoms with Crippen LogP contribution in [0.1, 0.15) is 18.1 Å². The Balaban J connectivity index is 1.51. The quantitative estimate of drug-likeness (QED) is 0.668. The molecule has 2 N–H and O–H groups in total. The normalized spacial score (nSPS) is 19.7. The summed E-state index contributed by atoms with van der Waals surface area (Å²) in [5, 5.41) is 0. The van der Waals surface area contributed by atoms with Crippen molar-refractivity contribution in [3.8, 4) is 11.5 Å². The highest BCUT2D eigenvalue weighted by molar-refractivity contribution is 7.98. The Labute approximate surface area is 167 Å². The van der Waals surface area contributed by atoms with Crippen molar-refractivity contribution in [1.82, 2.24) is 0 Å². The Kier molecular flexibility index (Phi) is 7.44. The van der Waals surface area contributed by atoms with Gasteiger partial charge >= 0.3 is 0 Å². The molecule has 146 valence electrons. The summed E-state index contributed by atoms with van der Waals surface area (Å²) in [5.74, 6) is 1.67. The van der Waals surface area contributed by atoms with Crippen LogP contribution < -0.4 is 19.3 Å². The van der Waals surface area contributed by atoms with Crippen LogP contribution in [-0.4, -0.2) is 46.2 Å². The molecule has 1 saturated heterocycles. The van der Waals surface area contributed by atoms with E-state index in [0.29, 0.717) is 6.61 Å². The predicted molar refractivity (Wildman–Crippen MR) is 111 cm³/mol. The molecular formula is C22H32N2O2S+2. The third kappa shape index (κ3) is 5.64. The van der Waals surface area contributed by atoms with Gasteiger partial charge in [0.2, 0.25) is 0 Å². The van der Waals surface area contributed by atoms with Crippen LogP contribution in [0.3, 0.4) is 0 Å². The number of rotatable bonds is 8. The number of quaternary nitrogens is 2. The summed E-state index contributed by atoms with van der Waals surface area (Å²) in [4.78, 5) is 4.69. The van der Waals surface area contributed by atoms with E-state index >= 15 is 0 Å². The minimum absolute atomic E-state index is 0.659. The lowest BCUT2D eigenvalue weighted by Crippen LogP contribution is -3.27. The van der Waals surface area contributed by atoms with Crippen LogP contribution in [0.4, 0.5) is 0 Å². The van der Waals surface area contributed by atoms with Gasteiger partial charge in [-0.15, -0.1) is 11.8 Å². The monoisotopic (exact) mass is 388 g/mol. The highest BCUT2D eigenvalue weighted by Crippen LogP contribution is 2.27. The number of piperazine rings is 1. The van der Waals surface area contributed by atoms with Crippen molar-refractivity contribution in [2.75, 3.05) is 46.2 Å². The van der Waals surface area contributed by atoms with Gasteiger partial charge in [-0.2, -0.15) is 0 Å². The largest absolute Gasteiger partial charge is 0.493 e. The van der Waals surface area contributed by atoms with E-state index in [-0.39, 0.29) is 0 Å². The number of thioether (sulfide) groups is 1. The molecule has 0 aromatic heterocycles. The maximum Gasteiger partial charge on any atom is 0.161 e. The van der Waals surface area contributed by atoms with E-state index in [1.54, 1.807) is 28.7 Å². The van der Waals surface area contributed by atoms with E-state index in [9.17, 15) is 0 Å². The zero-order chi connectivity index (χ0) is 19.1. The molecule has 0 amide bonds. The minimum Gasteiger partial charge on any atom is -0.493 e. The average Bonchev–Trinajstić information content (AvgIpc) is 2.71. The summed E-state index contributed by atoms with van der Waals surface area (Å²) in [6.45, 7) is 9.75. The Bertz CT molecular complexity index is 713. The molecule has 4 nitrogen and oxygen atoms in total. The third-order valence-corrected chi connectivity index (χ3v) is 6.00. The van der Waals surface area contributed by atoms with Crippen molar-refractivity contribution < 1.29 is 19.3 Å². The Morgan fingerprint density at radius 2 is 1.44 bits per heavy atom. The second-order valence-electron chi connectivity index (χ2n) is 7.12. The second kappa shape index (κ2) is 10.0. The van der Waals surface area contributed by atoms with E-state index in [4.69, 9.17) is 9.47 Å². The summed E-state index contributed by atoms with van der Waals surface area (Å²) < 4.78 is 11.1. The number of ether oxygens (including phenoxy) is 2. The lowest BCUT2D eigenvalue weighted by molar-refractivity contribution is -1.02. The van der Waals surface area contributed by atoms with E-state index < -0.39 is 0 Å².